The molecule has 0 saturated carbocycles. The highest BCUT2D eigenvalue weighted by Crippen LogP contribution is 2.21. The van der Waals surface area contributed by atoms with Crippen LogP contribution in [0.5, 0.6) is 0 Å². The number of hydrogen-bond acceptors (Lipinski definition) is 4. The maximum Gasteiger partial charge on any atom is 0.222 e. The van der Waals surface area contributed by atoms with Crippen LogP contribution in [0.1, 0.15) is 5.56 Å². The van der Waals surface area contributed by atoms with Crippen LogP contribution in [0.3, 0.4) is 0 Å². The molecule has 0 unspecified atom stereocenters. The fourth-order valence-corrected chi connectivity index (χ4v) is 1.10. The highest BCUT2D eigenvalue weighted by molar-refractivity contribution is 6.34. The summed E-state index contributed by atoms with van der Waals surface area (Å²) in [6, 6.07) is 0. The van der Waals surface area contributed by atoms with Crippen molar-refractivity contribution in [2.75, 3.05) is 5.73 Å². The molecule has 1 rings (SSSR count). The first kappa shape index (κ1) is 8.52. The molecule has 1 aromatic rings. The highest BCUT2D eigenvalue weighted by Gasteiger charge is 2.07. The molecule has 0 spiro atoms. The van der Waals surface area contributed by atoms with Crippen molar-refractivity contribution in [2.24, 2.45) is 0 Å². The maximum absolute atomic E-state index is 8.70. The molecule has 6 heteroatoms. The molecule has 0 aliphatic carbocycles. The second-order valence-corrected chi connectivity index (χ2v) is 2.52. The van der Waals surface area contributed by atoms with Crippen LogP contribution in [0.15, 0.2) is 0 Å². The number of rotatable bonds is 1. The minimum atomic E-state index is -0.294. The number of halogens is 2. The Morgan fingerprint density at radius 2 is 1.73 bits per heavy atom. The highest BCUT2D eigenvalue weighted by atomic mass is 35.5. The van der Waals surface area contributed by atoms with E-state index in [-0.39, 0.29) is 22.9 Å². The van der Waals surface area contributed by atoms with Crippen LogP contribution in [-0.2, 0) is 6.61 Å². The Labute approximate surface area is 73.0 Å². The second-order valence-electron chi connectivity index (χ2n) is 1.80. The van der Waals surface area contributed by atoms with E-state index in [2.05, 4.69) is 9.97 Å². The van der Waals surface area contributed by atoms with Gasteiger partial charge < -0.3 is 10.8 Å². The molecule has 0 fully saturated rings. The van der Waals surface area contributed by atoms with Gasteiger partial charge in [-0.15, -0.1) is 0 Å². The normalized spacial score (nSPS) is 10.1. The van der Waals surface area contributed by atoms with Gasteiger partial charge in [0, 0.05) is 0 Å². The molecule has 0 radical (unpaired) electrons. The molecule has 0 aliphatic rings. The van der Waals surface area contributed by atoms with Crippen LogP contribution in [-0.4, -0.2) is 15.1 Å². The minimum Gasteiger partial charge on any atom is -0.391 e. The smallest absolute Gasteiger partial charge is 0.222 e. The third-order valence-corrected chi connectivity index (χ3v) is 1.71. The summed E-state index contributed by atoms with van der Waals surface area (Å²) in [5.41, 5.74) is 5.50. The molecule has 60 valence electrons. The van der Waals surface area contributed by atoms with Gasteiger partial charge in [0.2, 0.25) is 5.95 Å². The number of aliphatic hydroxyl groups is 1. The van der Waals surface area contributed by atoms with Crippen LogP contribution >= 0.6 is 23.2 Å². The van der Waals surface area contributed by atoms with Gasteiger partial charge in [-0.2, -0.15) is 0 Å². The monoisotopic (exact) mass is 193 g/mol. The van der Waals surface area contributed by atoms with Gasteiger partial charge in [-0.3, -0.25) is 0 Å². The molecular weight excluding hydrogens is 189 g/mol. The summed E-state index contributed by atoms with van der Waals surface area (Å²) < 4.78 is 0. The average molecular weight is 194 g/mol. The fourth-order valence-electron chi connectivity index (χ4n) is 0.577. The molecule has 1 heterocycles. The van der Waals surface area contributed by atoms with Crippen molar-refractivity contribution in [2.45, 2.75) is 6.61 Å². The third kappa shape index (κ3) is 1.71. The Morgan fingerprint density at radius 3 is 2.09 bits per heavy atom. The van der Waals surface area contributed by atoms with Gasteiger partial charge in [0.15, 0.2) is 0 Å². The molecule has 3 N–H and O–H groups in total. The molecule has 0 amide bonds. The minimum absolute atomic E-state index is 0.00259. The van der Waals surface area contributed by atoms with E-state index in [0.717, 1.165) is 0 Å². The number of nitrogens with zero attached hydrogens (tertiary/aromatic N) is 2. The number of hydrogen-bond donors (Lipinski definition) is 2. The summed E-state index contributed by atoms with van der Waals surface area (Å²) in [5.74, 6) is -0.00259. The van der Waals surface area contributed by atoms with E-state index >= 15 is 0 Å². The van der Waals surface area contributed by atoms with Crippen LogP contribution in [0, 0.1) is 0 Å². The third-order valence-electron chi connectivity index (χ3n) is 1.08. The molecule has 0 saturated heterocycles. The standard InChI is InChI=1S/C5H5Cl2N3O/c6-3-2(1-11)4(7)10-5(8)9-3/h11H,1H2,(H2,8,9,10). The summed E-state index contributed by atoms with van der Waals surface area (Å²) in [5, 5.41) is 8.88. The first-order valence-corrected chi connectivity index (χ1v) is 3.49. The van der Waals surface area contributed by atoms with E-state index in [9.17, 15) is 0 Å². The Bertz CT molecular complexity index is 255. The molecule has 4 nitrogen and oxygen atoms in total. The zero-order valence-electron chi connectivity index (χ0n) is 5.38. The van der Waals surface area contributed by atoms with Crippen molar-refractivity contribution >= 4 is 29.2 Å². The Kier molecular flexibility index (Phi) is 2.49. The lowest BCUT2D eigenvalue weighted by atomic mass is 10.4. The van der Waals surface area contributed by atoms with Crippen molar-refractivity contribution in [1.82, 2.24) is 9.97 Å². The molecule has 0 aromatic carbocycles. The van der Waals surface area contributed by atoms with Crippen molar-refractivity contribution in [3.8, 4) is 0 Å². The van der Waals surface area contributed by atoms with Gasteiger partial charge in [0.1, 0.15) is 10.3 Å². The first-order valence-electron chi connectivity index (χ1n) is 2.73. The largest absolute Gasteiger partial charge is 0.391 e. The Morgan fingerprint density at radius 1 is 1.27 bits per heavy atom. The number of aliphatic hydroxyl groups excluding tert-OH is 1. The number of nitrogens with two attached hydrogens (primary N) is 1. The number of anilines is 1. The van der Waals surface area contributed by atoms with Crippen molar-refractivity contribution < 1.29 is 5.11 Å². The SMILES string of the molecule is Nc1nc(Cl)c(CO)c(Cl)n1. The molecule has 0 atom stereocenters. The zero-order valence-corrected chi connectivity index (χ0v) is 6.89. The molecule has 1 aromatic heterocycles. The van der Waals surface area contributed by atoms with Gasteiger partial charge >= 0.3 is 0 Å². The second kappa shape index (κ2) is 3.21. The quantitative estimate of drug-likeness (QED) is 0.650. The number of nitrogen functional groups attached to an aromatic ring is 1. The van der Waals surface area contributed by atoms with Crippen LogP contribution < -0.4 is 5.73 Å². The van der Waals surface area contributed by atoms with E-state index < -0.39 is 0 Å². The van der Waals surface area contributed by atoms with Crippen molar-refractivity contribution in [3.05, 3.63) is 15.9 Å². The molecule has 11 heavy (non-hydrogen) atoms. The summed E-state index contributed by atoms with van der Waals surface area (Å²) in [6.45, 7) is -0.294. The molecular formula is C5H5Cl2N3O. The van der Waals surface area contributed by atoms with Gasteiger partial charge in [-0.1, -0.05) is 23.2 Å². The summed E-state index contributed by atoms with van der Waals surface area (Å²) >= 11 is 11.1. The van der Waals surface area contributed by atoms with Crippen LogP contribution in [0.4, 0.5) is 5.95 Å². The van der Waals surface area contributed by atoms with E-state index in [4.69, 9.17) is 34.0 Å². The average Bonchev–Trinajstić information content (AvgIpc) is 1.85. The lowest BCUT2D eigenvalue weighted by Gasteiger charge is -2.01. The van der Waals surface area contributed by atoms with Crippen LogP contribution in [0.25, 0.3) is 0 Å². The van der Waals surface area contributed by atoms with E-state index in [1.807, 2.05) is 0 Å². The van der Waals surface area contributed by atoms with E-state index in [0.29, 0.717) is 5.56 Å². The summed E-state index contributed by atoms with van der Waals surface area (Å²) in [6.07, 6.45) is 0. The zero-order chi connectivity index (χ0) is 8.43. The molecule has 0 aliphatic heterocycles. The fraction of sp³-hybridized carbons (Fsp3) is 0.200. The van der Waals surface area contributed by atoms with Gasteiger partial charge in [0.25, 0.3) is 0 Å². The van der Waals surface area contributed by atoms with E-state index in [1.165, 1.54) is 0 Å². The molecule has 0 bridgehead atoms. The number of aromatic nitrogens is 2. The topological polar surface area (TPSA) is 72.0 Å². The van der Waals surface area contributed by atoms with Crippen LogP contribution in [0.2, 0.25) is 10.3 Å². The Hall–Kier alpha value is -0.580. The van der Waals surface area contributed by atoms with Gasteiger partial charge in [0.05, 0.1) is 12.2 Å². The predicted molar refractivity (Wildman–Crippen MR) is 42.4 cm³/mol. The summed E-state index contributed by atoms with van der Waals surface area (Å²) in [7, 11) is 0. The maximum atomic E-state index is 8.70. The Balaban J connectivity index is 3.25. The lowest BCUT2D eigenvalue weighted by Crippen LogP contribution is -1.99. The summed E-state index contributed by atoms with van der Waals surface area (Å²) in [4.78, 5) is 7.19. The first-order chi connectivity index (χ1) is 5.15. The van der Waals surface area contributed by atoms with Gasteiger partial charge in [-0.25, -0.2) is 9.97 Å². The van der Waals surface area contributed by atoms with Crippen molar-refractivity contribution in [3.63, 3.8) is 0 Å². The van der Waals surface area contributed by atoms with E-state index in [1.54, 1.807) is 0 Å². The lowest BCUT2D eigenvalue weighted by molar-refractivity contribution is 0.281. The predicted octanol–water partition coefficient (Wildman–Crippen LogP) is 0.858. The van der Waals surface area contributed by atoms with Crippen molar-refractivity contribution in [1.29, 1.82) is 0 Å². The van der Waals surface area contributed by atoms with Gasteiger partial charge in [-0.05, 0) is 0 Å².